The van der Waals surface area contributed by atoms with E-state index in [0.717, 1.165) is 5.69 Å². The number of likely N-dealkylation sites (N-methyl/N-ethyl adjacent to an activating group) is 1. The van der Waals surface area contributed by atoms with Crippen LogP contribution in [0.1, 0.15) is 22.3 Å². The molecule has 0 bridgehead atoms. The van der Waals surface area contributed by atoms with E-state index in [0.29, 0.717) is 6.42 Å². The predicted molar refractivity (Wildman–Crippen MR) is 116 cm³/mol. The number of carbonyl (C=O) groups excluding carboxylic acids is 2. The molecule has 1 aliphatic carbocycles. The van der Waals surface area contributed by atoms with E-state index < -0.39 is 34.2 Å². The van der Waals surface area contributed by atoms with E-state index >= 15 is 0 Å². The summed E-state index contributed by atoms with van der Waals surface area (Å²) in [6.07, 6.45) is -2.00. The molecule has 10 heteroatoms. The molecule has 0 unspecified atom stereocenters. The number of nitrogens with one attached hydrogen (secondary N) is 2. The van der Waals surface area contributed by atoms with Crippen molar-refractivity contribution >= 4 is 27.5 Å². The van der Waals surface area contributed by atoms with Gasteiger partial charge in [0.1, 0.15) is 0 Å². The molecule has 0 aromatic heterocycles. The monoisotopic (exact) mass is 465 g/mol. The van der Waals surface area contributed by atoms with Gasteiger partial charge in [-0.3, -0.25) is 9.59 Å². The van der Waals surface area contributed by atoms with Gasteiger partial charge in [0.2, 0.25) is 6.43 Å². The molecule has 1 aliphatic rings. The fourth-order valence-electron chi connectivity index (χ4n) is 3.46. The number of para-hydroxylation sites is 1. The van der Waals surface area contributed by atoms with Crippen LogP contribution in [0.5, 0.6) is 0 Å². The Morgan fingerprint density at radius 1 is 1.16 bits per heavy atom. The van der Waals surface area contributed by atoms with Crippen molar-refractivity contribution in [1.82, 2.24) is 10.0 Å². The zero-order valence-corrected chi connectivity index (χ0v) is 18.5. The number of alkyl halides is 2. The first-order valence-electron chi connectivity index (χ1n) is 10.1. The molecule has 0 aliphatic heterocycles. The van der Waals surface area contributed by atoms with Crippen molar-refractivity contribution in [2.45, 2.75) is 24.7 Å². The van der Waals surface area contributed by atoms with Crippen molar-refractivity contribution in [3.05, 3.63) is 59.7 Å². The Bertz CT molecular complexity index is 1090. The molecule has 7 nitrogen and oxygen atoms in total. The number of amides is 2. The second-order valence-corrected chi connectivity index (χ2v) is 9.56. The minimum atomic E-state index is -4.13. The summed E-state index contributed by atoms with van der Waals surface area (Å²) in [6, 6.07) is 13.0. The van der Waals surface area contributed by atoms with Gasteiger partial charge in [-0.2, -0.15) is 0 Å². The second-order valence-electron chi connectivity index (χ2n) is 7.90. The quantitative estimate of drug-likeness (QED) is 0.594. The number of hydrogen-bond acceptors (Lipinski definition) is 5. The highest BCUT2D eigenvalue weighted by molar-refractivity contribution is 7.90. The number of nitrogens with zero attached hydrogens (tertiary/aromatic N) is 1. The lowest BCUT2D eigenvalue weighted by Gasteiger charge is -2.19. The summed E-state index contributed by atoms with van der Waals surface area (Å²) >= 11 is 0. The molecule has 172 valence electrons. The SMILES string of the molecule is Cc1cc(C(=O)NC[C@@H]2C[C@H]2C(F)F)ccc1S(=O)(=O)NC(=O)CN(C)c1ccccc1. The summed E-state index contributed by atoms with van der Waals surface area (Å²) in [4.78, 5) is 26.1. The molecule has 2 amide bonds. The Labute approximate surface area is 185 Å². The zero-order chi connectivity index (χ0) is 23.5. The average molecular weight is 466 g/mol. The van der Waals surface area contributed by atoms with Crippen molar-refractivity contribution in [1.29, 1.82) is 0 Å². The molecular weight excluding hydrogens is 440 g/mol. The summed E-state index contributed by atoms with van der Waals surface area (Å²) in [5, 5.41) is 2.60. The number of rotatable bonds is 9. The maximum absolute atomic E-state index is 12.7. The van der Waals surface area contributed by atoms with Crippen molar-refractivity contribution in [3.8, 4) is 0 Å². The number of benzene rings is 2. The van der Waals surface area contributed by atoms with Gasteiger partial charge in [-0.05, 0) is 55.2 Å². The standard InChI is InChI=1S/C22H25F2N3O4S/c1-14-10-15(22(29)25-12-16-11-18(16)21(23)24)8-9-19(14)32(30,31)26-20(28)13-27(2)17-6-4-3-5-7-17/h3-10,16,18,21H,11-13H2,1-2H3,(H,25,29)(H,26,28)/t16-,18+/m0/s1. The zero-order valence-electron chi connectivity index (χ0n) is 17.7. The molecular formula is C22H25F2N3O4S. The normalized spacial score (nSPS) is 17.7. The molecule has 2 aromatic carbocycles. The van der Waals surface area contributed by atoms with Crippen LogP contribution in [-0.2, 0) is 14.8 Å². The third kappa shape index (κ3) is 5.82. The smallest absolute Gasteiger partial charge is 0.264 e. The van der Waals surface area contributed by atoms with Gasteiger partial charge in [-0.15, -0.1) is 0 Å². The van der Waals surface area contributed by atoms with E-state index in [1.807, 2.05) is 22.9 Å². The predicted octanol–water partition coefficient (Wildman–Crippen LogP) is 2.57. The van der Waals surface area contributed by atoms with Crippen LogP contribution in [0.2, 0.25) is 0 Å². The minimum Gasteiger partial charge on any atom is -0.365 e. The summed E-state index contributed by atoms with van der Waals surface area (Å²) < 4.78 is 52.5. The van der Waals surface area contributed by atoms with E-state index in [-0.39, 0.29) is 35.0 Å². The van der Waals surface area contributed by atoms with Crippen molar-refractivity contribution in [3.63, 3.8) is 0 Å². The van der Waals surface area contributed by atoms with Crippen LogP contribution in [-0.4, -0.2) is 46.8 Å². The third-order valence-corrected chi connectivity index (χ3v) is 6.91. The van der Waals surface area contributed by atoms with E-state index in [1.54, 1.807) is 24.1 Å². The van der Waals surface area contributed by atoms with Gasteiger partial charge < -0.3 is 10.2 Å². The van der Waals surface area contributed by atoms with E-state index in [1.165, 1.54) is 25.1 Å². The topological polar surface area (TPSA) is 95.6 Å². The van der Waals surface area contributed by atoms with Gasteiger partial charge >= 0.3 is 0 Å². The number of anilines is 1. The van der Waals surface area contributed by atoms with Crippen LogP contribution in [0.3, 0.4) is 0 Å². The van der Waals surface area contributed by atoms with E-state index in [2.05, 4.69) is 5.32 Å². The summed E-state index contributed by atoms with van der Waals surface area (Å²) in [5.74, 6) is -2.07. The lowest BCUT2D eigenvalue weighted by Crippen LogP contribution is -2.38. The van der Waals surface area contributed by atoms with Gasteiger partial charge in [0.05, 0.1) is 11.4 Å². The van der Waals surface area contributed by atoms with Gasteiger partial charge in [-0.25, -0.2) is 21.9 Å². The maximum Gasteiger partial charge on any atom is 0.264 e. The Hall–Kier alpha value is -3.01. The molecule has 3 rings (SSSR count). The lowest BCUT2D eigenvalue weighted by atomic mass is 10.1. The van der Waals surface area contributed by atoms with E-state index in [9.17, 15) is 26.8 Å². The Balaban J connectivity index is 1.60. The summed E-state index contributed by atoms with van der Waals surface area (Å²) in [5.41, 5.74) is 1.26. The Kier molecular flexibility index (Phi) is 7.12. The van der Waals surface area contributed by atoms with Crippen molar-refractivity contribution in [2.24, 2.45) is 11.8 Å². The van der Waals surface area contributed by atoms with Crippen LogP contribution in [0.25, 0.3) is 0 Å². The minimum absolute atomic E-state index is 0.121. The summed E-state index contributed by atoms with van der Waals surface area (Å²) in [6.45, 7) is 1.50. The highest BCUT2D eigenvalue weighted by atomic mass is 32.2. The summed E-state index contributed by atoms with van der Waals surface area (Å²) in [7, 11) is -2.46. The first-order valence-corrected chi connectivity index (χ1v) is 11.6. The third-order valence-electron chi connectivity index (χ3n) is 5.38. The number of hydrogen-bond donors (Lipinski definition) is 2. The molecule has 2 N–H and O–H groups in total. The van der Waals surface area contributed by atoms with Crippen LogP contribution in [0.15, 0.2) is 53.4 Å². The van der Waals surface area contributed by atoms with Crippen LogP contribution in [0, 0.1) is 18.8 Å². The number of sulfonamides is 1. The van der Waals surface area contributed by atoms with Crippen LogP contribution >= 0.6 is 0 Å². The molecule has 0 heterocycles. The largest absolute Gasteiger partial charge is 0.365 e. The van der Waals surface area contributed by atoms with Gasteiger partial charge in [-0.1, -0.05) is 18.2 Å². The molecule has 1 fully saturated rings. The maximum atomic E-state index is 12.7. The number of aryl methyl sites for hydroxylation is 1. The Morgan fingerprint density at radius 3 is 2.44 bits per heavy atom. The van der Waals surface area contributed by atoms with Crippen LogP contribution in [0.4, 0.5) is 14.5 Å². The van der Waals surface area contributed by atoms with E-state index in [4.69, 9.17) is 0 Å². The average Bonchev–Trinajstić information content (AvgIpc) is 3.52. The fourth-order valence-corrected chi connectivity index (χ4v) is 4.66. The lowest BCUT2D eigenvalue weighted by molar-refractivity contribution is -0.118. The number of halogens is 2. The molecule has 1 saturated carbocycles. The van der Waals surface area contributed by atoms with Gasteiger partial charge in [0, 0.05) is 30.8 Å². The molecule has 0 radical (unpaired) electrons. The molecule has 2 aromatic rings. The fraction of sp³-hybridized carbons (Fsp3) is 0.364. The highest BCUT2D eigenvalue weighted by Gasteiger charge is 2.43. The molecule has 0 spiro atoms. The highest BCUT2D eigenvalue weighted by Crippen LogP contribution is 2.42. The molecule has 32 heavy (non-hydrogen) atoms. The molecule has 0 saturated heterocycles. The molecule has 2 atom stereocenters. The Morgan fingerprint density at radius 2 is 1.84 bits per heavy atom. The van der Waals surface area contributed by atoms with Crippen molar-refractivity contribution in [2.75, 3.05) is 25.0 Å². The van der Waals surface area contributed by atoms with Crippen LogP contribution < -0.4 is 14.9 Å². The first-order chi connectivity index (χ1) is 15.1. The van der Waals surface area contributed by atoms with Crippen molar-refractivity contribution < 1.29 is 26.8 Å². The second kappa shape index (κ2) is 9.64. The van der Waals surface area contributed by atoms with Gasteiger partial charge in [0.25, 0.3) is 21.8 Å². The first kappa shape index (κ1) is 23.6. The number of carbonyl (C=O) groups is 2. The van der Waals surface area contributed by atoms with Gasteiger partial charge in [0.15, 0.2) is 0 Å².